The smallest absolute Gasteiger partial charge is 0.302 e. The number of carbonyl (C=O) groups is 4. The van der Waals surface area contributed by atoms with Crippen LogP contribution in [0.2, 0.25) is 0 Å². The fraction of sp³-hybridized carbons (Fsp3) is 0.706. The van der Waals surface area contributed by atoms with Crippen molar-refractivity contribution in [2.45, 2.75) is 93.2 Å². The van der Waals surface area contributed by atoms with Gasteiger partial charge >= 0.3 is 5.97 Å². The summed E-state index contributed by atoms with van der Waals surface area (Å²) in [7, 11) is 3.25. The number of benzene rings is 1. The lowest BCUT2D eigenvalue weighted by atomic mass is 9.80. The van der Waals surface area contributed by atoms with Gasteiger partial charge in [0, 0.05) is 46.4 Å². The van der Waals surface area contributed by atoms with Crippen LogP contribution in [0.5, 0.6) is 11.5 Å². The van der Waals surface area contributed by atoms with Crippen LogP contribution in [0.3, 0.4) is 0 Å². The first-order valence-electron chi connectivity index (χ1n) is 15.8. The van der Waals surface area contributed by atoms with Crippen molar-refractivity contribution in [3.8, 4) is 11.5 Å². The summed E-state index contributed by atoms with van der Waals surface area (Å²) in [5.74, 6) is -0.625. The van der Waals surface area contributed by atoms with Crippen molar-refractivity contribution >= 4 is 23.7 Å². The molecule has 0 saturated carbocycles. The summed E-state index contributed by atoms with van der Waals surface area (Å²) in [5.41, 5.74) is 5.60. The molecule has 1 aromatic carbocycles. The quantitative estimate of drug-likeness (QED) is 0.135. The highest BCUT2D eigenvalue weighted by molar-refractivity contribution is 5.83. The molecule has 3 amide bonds. The van der Waals surface area contributed by atoms with Gasteiger partial charge in [0.15, 0.2) is 11.5 Å². The SMILES string of the molecule is COCCCOc1cc(C[C@@H](C[C@@H](NC(C)=O)[C@H](C[C@H](C(=O)NCC(C)(C)C(N)=O)C(C)C)OC(C)=O)C(C)C)ccc1OC. The van der Waals surface area contributed by atoms with E-state index < -0.39 is 35.4 Å². The standard InChI is InChI=1S/C34H57N3O8/c1-21(2)26(16-25-12-13-29(43-10)31(17-25)44-15-11-14-42-9)18-28(37-23(5)38)30(45-24(6)39)19-27(22(3)4)32(40)36-20-34(7,8)33(35)41/h12-13,17,21-22,26-28,30H,11,14-16,18-20H2,1-10H3,(H2,35,41)(H,36,40)(H,37,38)/t26-,27-,28+,30-/m0/s1. The lowest BCUT2D eigenvalue weighted by Gasteiger charge is -2.34. The molecule has 0 spiro atoms. The number of hydrogen-bond donors (Lipinski definition) is 3. The van der Waals surface area contributed by atoms with E-state index in [1.165, 1.54) is 13.8 Å². The summed E-state index contributed by atoms with van der Waals surface area (Å²) >= 11 is 0. The molecule has 45 heavy (non-hydrogen) atoms. The maximum Gasteiger partial charge on any atom is 0.302 e. The second kappa shape index (κ2) is 19.2. The second-order valence-electron chi connectivity index (χ2n) is 13.1. The zero-order valence-corrected chi connectivity index (χ0v) is 29.0. The second-order valence-corrected chi connectivity index (χ2v) is 13.1. The van der Waals surface area contributed by atoms with Crippen LogP contribution >= 0.6 is 0 Å². The van der Waals surface area contributed by atoms with Crippen molar-refractivity contribution in [2.24, 2.45) is 34.8 Å². The number of ether oxygens (including phenoxy) is 4. The van der Waals surface area contributed by atoms with E-state index in [0.717, 1.165) is 12.0 Å². The molecular weight excluding hydrogens is 578 g/mol. The van der Waals surface area contributed by atoms with Crippen LogP contribution in [-0.4, -0.2) is 69.8 Å². The Bertz CT molecular complexity index is 1100. The molecule has 0 unspecified atom stereocenters. The van der Waals surface area contributed by atoms with Crippen LogP contribution in [0.25, 0.3) is 0 Å². The number of nitrogens with one attached hydrogen (secondary N) is 2. The van der Waals surface area contributed by atoms with Gasteiger partial charge in [-0.15, -0.1) is 0 Å². The first-order chi connectivity index (χ1) is 21.0. The van der Waals surface area contributed by atoms with Gasteiger partial charge in [0.2, 0.25) is 17.7 Å². The van der Waals surface area contributed by atoms with Gasteiger partial charge in [-0.2, -0.15) is 0 Å². The van der Waals surface area contributed by atoms with E-state index in [1.807, 2.05) is 32.0 Å². The fourth-order valence-corrected chi connectivity index (χ4v) is 5.10. The number of amides is 3. The van der Waals surface area contributed by atoms with E-state index in [2.05, 4.69) is 24.5 Å². The molecule has 11 nitrogen and oxygen atoms in total. The van der Waals surface area contributed by atoms with Crippen molar-refractivity contribution in [1.82, 2.24) is 10.6 Å². The Morgan fingerprint density at radius 2 is 1.60 bits per heavy atom. The first kappa shape index (κ1) is 39.7. The Hall–Kier alpha value is -3.34. The maximum absolute atomic E-state index is 13.4. The summed E-state index contributed by atoms with van der Waals surface area (Å²) in [6.07, 6.45) is 1.36. The van der Waals surface area contributed by atoms with Crippen LogP contribution < -0.4 is 25.8 Å². The third kappa shape index (κ3) is 14.1. The lowest BCUT2D eigenvalue weighted by molar-refractivity contribution is -0.151. The molecule has 4 N–H and O–H groups in total. The molecular formula is C34H57N3O8. The Labute approximate surface area is 269 Å². The van der Waals surface area contributed by atoms with Crippen LogP contribution in [0, 0.1) is 29.1 Å². The number of esters is 1. The minimum atomic E-state index is -0.925. The first-order valence-corrected chi connectivity index (χ1v) is 15.8. The maximum atomic E-state index is 13.4. The Morgan fingerprint density at radius 1 is 0.933 bits per heavy atom. The molecule has 256 valence electrons. The lowest BCUT2D eigenvalue weighted by Crippen LogP contribution is -2.49. The van der Waals surface area contributed by atoms with Crippen molar-refractivity contribution in [3.05, 3.63) is 23.8 Å². The zero-order valence-electron chi connectivity index (χ0n) is 29.0. The van der Waals surface area contributed by atoms with Gasteiger partial charge in [-0.25, -0.2) is 0 Å². The molecule has 4 atom stereocenters. The van der Waals surface area contributed by atoms with Gasteiger partial charge in [0.25, 0.3) is 0 Å². The number of methoxy groups -OCH3 is 2. The minimum Gasteiger partial charge on any atom is -0.493 e. The van der Waals surface area contributed by atoms with Gasteiger partial charge in [0.1, 0.15) is 6.10 Å². The number of carbonyl (C=O) groups excluding carboxylic acids is 4. The molecule has 0 aromatic heterocycles. The molecule has 1 aromatic rings. The molecule has 11 heteroatoms. The van der Waals surface area contributed by atoms with E-state index in [9.17, 15) is 19.2 Å². The summed E-state index contributed by atoms with van der Waals surface area (Å²) in [6.45, 7) is 15.3. The molecule has 0 fully saturated rings. The van der Waals surface area contributed by atoms with Crippen molar-refractivity contribution in [2.75, 3.05) is 34.0 Å². The molecule has 0 bridgehead atoms. The van der Waals surface area contributed by atoms with Crippen LogP contribution in [-0.2, 0) is 35.1 Å². The van der Waals surface area contributed by atoms with Crippen molar-refractivity contribution in [3.63, 3.8) is 0 Å². The normalized spacial score (nSPS) is 14.3. The molecule has 0 aliphatic rings. The summed E-state index contributed by atoms with van der Waals surface area (Å²) in [5, 5.41) is 5.87. The monoisotopic (exact) mass is 635 g/mol. The third-order valence-electron chi connectivity index (χ3n) is 8.13. The van der Waals surface area contributed by atoms with Crippen molar-refractivity contribution < 1.29 is 38.1 Å². The molecule has 0 aliphatic heterocycles. The highest BCUT2D eigenvalue weighted by Crippen LogP contribution is 2.32. The fourth-order valence-electron chi connectivity index (χ4n) is 5.10. The predicted molar refractivity (Wildman–Crippen MR) is 174 cm³/mol. The summed E-state index contributed by atoms with van der Waals surface area (Å²) in [6, 6.07) is 5.32. The average Bonchev–Trinajstić information content (AvgIpc) is 2.94. The van der Waals surface area contributed by atoms with Crippen LogP contribution in [0.1, 0.15) is 80.2 Å². The summed E-state index contributed by atoms with van der Waals surface area (Å²) < 4.78 is 22.4. The van der Waals surface area contributed by atoms with Gasteiger partial charge in [-0.05, 0) is 68.6 Å². The van der Waals surface area contributed by atoms with Gasteiger partial charge in [-0.3, -0.25) is 19.2 Å². The Morgan fingerprint density at radius 3 is 2.11 bits per heavy atom. The van der Waals surface area contributed by atoms with E-state index in [0.29, 0.717) is 37.6 Å². The Balaban J connectivity index is 3.31. The summed E-state index contributed by atoms with van der Waals surface area (Å²) in [4.78, 5) is 49.9. The van der Waals surface area contributed by atoms with Gasteiger partial charge in [0.05, 0.1) is 25.2 Å². The van der Waals surface area contributed by atoms with Crippen LogP contribution in [0.4, 0.5) is 0 Å². The topological polar surface area (TPSA) is 155 Å². The molecule has 0 heterocycles. The average molecular weight is 636 g/mol. The highest BCUT2D eigenvalue weighted by atomic mass is 16.5. The van der Waals surface area contributed by atoms with Crippen molar-refractivity contribution in [1.29, 1.82) is 0 Å². The van der Waals surface area contributed by atoms with Crippen LogP contribution in [0.15, 0.2) is 18.2 Å². The van der Waals surface area contributed by atoms with E-state index in [1.54, 1.807) is 28.1 Å². The third-order valence-corrected chi connectivity index (χ3v) is 8.13. The highest BCUT2D eigenvalue weighted by Gasteiger charge is 2.36. The van der Waals surface area contributed by atoms with Gasteiger partial charge in [-0.1, -0.05) is 33.8 Å². The minimum absolute atomic E-state index is 0.0765. The largest absolute Gasteiger partial charge is 0.493 e. The number of nitrogens with two attached hydrogens (primary N) is 1. The molecule has 0 radical (unpaired) electrons. The molecule has 1 rings (SSSR count). The number of primary amides is 1. The molecule has 0 aliphatic carbocycles. The molecule has 0 saturated heterocycles. The van der Waals surface area contributed by atoms with E-state index in [-0.39, 0.29) is 42.5 Å². The van der Waals surface area contributed by atoms with E-state index >= 15 is 0 Å². The number of hydrogen-bond acceptors (Lipinski definition) is 8. The zero-order chi connectivity index (χ0) is 34.3. The van der Waals surface area contributed by atoms with E-state index in [4.69, 9.17) is 24.7 Å². The predicted octanol–water partition coefficient (Wildman–Crippen LogP) is 4.04. The number of rotatable bonds is 21. The Kier molecular flexibility index (Phi) is 17.0. The van der Waals surface area contributed by atoms with Gasteiger partial charge < -0.3 is 35.3 Å².